The summed E-state index contributed by atoms with van der Waals surface area (Å²) < 4.78 is 0. The van der Waals surface area contributed by atoms with Crippen molar-refractivity contribution in [2.75, 3.05) is 12.3 Å². The number of benzene rings is 1. The van der Waals surface area contributed by atoms with Crippen molar-refractivity contribution in [3.63, 3.8) is 0 Å². The number of amides is 3. The number of thioether (sulfide) groups is 1. The highest BCUT2D eigenvalue weighted by molar-refractivity contribution is 7.99. The normalized spacial score (nSPS) is 11.7. The molecule has 1 heterocycles. The van der Waals surface area contributed by atoms with Crippen LogP contribution in [0.15, 0.2) is 52.7 Å². The number of nitrogens with one attached hydrogen (secondary N) is 2. The van der Waals surface area contributed by atoms with Crippen LogP contribution >= 0.6 is 23.1 Å². The summed E-state index contributed by atoms with van der Waals surface area (Å²) in [5, 5.41) is 7.39. The Morgan fingerprint density at radius 1 is 1.17 bits per heavy atom. The van der Waals surface area contributed by atoms with Gasteiger partial charge in [0.2, 0.25) is 5.91 Å². The monoisotopic (exact) mass is 349 g/mol. The summed E-state index contributed by atoms with van der Waals surface area (Å²) in [6, 6.07) is 12.8. The average Bonchev–Trinajstić information content (AvgIpc) is 3.06. The maximum absolute atomic E-state index is 12.0. The minimum Gasteiger partial charge on any atom is -0.355 e. The first-order valence-electron chi connectivity index (χ1n) is 7.19. The van der Waals surface area contributed by atoms with Crippen LogP contribution in [-0.2, 0) is 4.79 Å². The summed E-state index contributed by atoms with van der Waals surface area (Å²) in [4.78, 5) is 25.2. The Labute approximate surface area is 143 Å². The molecule has 3 amide bonds. The van der Waals surface area contributed by atoms with E-state index in [1.807, 2.05) is 47.8 Å². The molecule has 7 heteroatoms. The number of primary amides is 1. The highest BCUT2D eigenvalue weighted by Gasteiger charge is 2.18. The van der Waals surface area contributed by atoms with Gasteiger partial charge >= 0.3 is 6.03 Å². The lowest BCUT2D eigenvalue weighted by atomic mass is 10.1. The average molecular weight is 349 g/mol. The van der Waals surface area contributed by atoms with E-state index in [0.29, 0.717) is 6.54 Å². The van der Waals surface area contributed by atoms with Crippen molar-refractivity contribution < 1.29 is 9.59 Å². The van der Waals surface area contributed by atoms with Crippen LogP contribution in [0.1, 0.15) is 17.3 Å². The summed E-state index contributed by atoms with van der Waals surface area (Å²) >= 11 is 3.17. The van der Waals surface area contributed by atoms with Gasteiger partial charge in [-0.2, -0.15) is 0 Å². The number of rotatable bonds is 8. The first-order valence-corrected chi connectivity index (χ1v) is 9.05. The Morgan fingerprint density at radius 3 is 2.61 bits per heavy atom. The number of nitrogens with two attached hydrogens (primary N) is 1. The lowest BCUT2D eigenvalue weighted by molar-refractivity contribution is -0.121. The second-order valence-electron chi connectivity index (χ2n) is 4.79. The van der Waals surface area contributed by atoms with Crippen LogP contribution < -0.4 is 16.4 Å². The van der Waals surface area contributed by atoms with Crippen molar-refractivity contribution in [1.29, 1.82) is 0 Å². The molecule has 0 spiro atoms. The molecule has 0 bridgehead atoms. The van der Waals surface area contributed by atoms with E-state index in [0.717, 1.165) is 10.6 Å². The van der Waals surface area contributed by atoms with Crippen molar-refractivity contribution in [1.82, 2.24) is 10.6 Å². The molecule has 0 aliphatic carbocycles. The first kappa shape index (κ1) is 17.4. The van der Waals surface area contributed by atoms with Gasteiger partial charge in [0.05, 0.1) is 12.5 Å². The smallest absolute Gasteiger partial charge is 0.312 e. The minimum absolute atomic E-state index is 0.106. The van der Waals surface area contributed by atoms with E-state index in [2.05, 4.69) is 10.6 Å². The molecule has 2 aromatic rings. The molecule has 0 aliphatic heterocycles. The molecular formula is C16H19N3O2S2. The topological polar surface area (TPSA) is 84.2 Å². The van der Waals surface area contributed by atoms with E-state index in [9.17, 15) is 9.59 Å². The molecule has 2 rings (SSSR count). The van der Waals surface area contributed by atoms with Crippen LogP contribution in [0, 0.1) is 0 Å². The van der Waals surface area contributed by atoms with Gasteiger partial charge in [-0.3, -0.25) is 4.79 Å². The van der Waals surface area contributed by atoms with Crippen LogP contribution in [0.2, 0.25) is 0 Å². The molecular weight excluding hydrogens is 330 g/mol. The number of thiophene rings is 1. The fourth-order valence-corrected chi connectivity index (χ4v) is 3.58. The minimum atomic E-state index is -0.629. The van der Waals surface area contributed by atoms with E-state index in [4.69, 9.17) is 5.73 Å². The van der Waals surface area contributed by atoms with Crippen molar-refractivity contribution in [3.8, 4) is 0 Å². The summed E-state index contributed by atoms with van der Waals surface area (Å²) in [6.07, 6.45) is 0.180. The van der Waals surface area contributed by atoms with Crippen LogP contribution in [0.5, 0.6) is 0 Å². The number of carbonyl (C=O) groups is 2. The standard InChI is InChI=1S/C16H19N3O2S2/c17-16(21)19-13(14-7-4-9-23-14)11-15(20)18-8-10-22-12-5-2-1-3-6-12/h1-7,9,13H,8,10-11H2,(H,18,20)(H3,17,19,21). The molecule has 1 unspecified atom stereocenters. The Bertz CT molecular complexity index is 618. The van der Waals surface area contributed by atoms with Gasteiger partial charge in [-0.05, 0) is 23.6 Å². The zero-order valence-electron chi connectivity index (χ0n) is 12.5. The molecule has 0 saturated carbocycles. The fraction of sp³-hybridized carbons (Fsp3) is 0.250. The lowest BCUT2D eigenvalue weighted by Gasteiger charge is -2.15. The van der Waals surface area contributed by atoms with Crippen LogP contribution in [0.25, 0.3) is 0 Å². The quantitative estimate of drug-likeness (QED) is 0.506. The largest absolute Gasteiger partial charge is 0.355 e. The highest BCUT2D eigenvalue weighted by Crippen LogP contribution is 2.22. The molecule has 0 fully saturated rings. The molecule has 23 heavy (non-hydrogen) atoms. The van der Waals surface area contributed by atoms with Crippen LogP contribution in [-0.4, -0.2) is 24.2 Å². The summed E-state index contributed by atoms with van der Waals surface area (Å²) in [5.41, 5.74) is 5.18. The third-order valence-corrected chi connectivity index (χ3v) is 5.03. The number of carbonyl (C=O) groups excluding carboxylic acids is 2. The second kappa shape index (κ2) is 9.22. The van der Waals surface area contributed by atoms with Crippen LogP contribution in [0.4, 0.5) is 4.79 Å². The van der Waals surface area contributed by atoms with E-state index in [1.165, 1.54) is 16.2 Å². The zero-order chi connectivity index (χ0) is 16.5. The number of hydrogen-bond acceptors (Lipinski definition) is 4. The van der Waals surface area contributed by atoms with Gasteiger partial charge in [0, 0.05) is 22.1 Å². The third-order valence-electron chi connectivity index (χ3n) is 3.03. The summed E-state index contributed by atoms with van der Waals surface area (Å²) in [7, 11) is 0. The van der Waals surface area contributed by atoms with E-state index in [1.54, 1.807) is 11.8 Å². The van der Waals surface area contributed by atoms with Gasteiger partial charge in [0.1, 0.15) is 0 Å². The van der Waals surface area contributed by atoms with Gasteiger partial charge in [0.15, 0.2) is 0 Å². The number of hydrogen-bond donors (Lipinski definition) is 3. The highest BCUT2D eigenvalue weighted by atomic mass is 32.2. The Morgan fingerprint density at radius 2 is 1.96 bits per heavy atom. The third kappa shape index (κ3) is 6.33. The molecule has 0 aliphatic rings. The van der Waals surface area contributed by atoms with Gasteiger partial charge in [-0.1, -0.05) is 24.3 Å². The molecule has 1 aromatic heterocycles. The van der Waals surface area contributed by atoms with Crippen molar-refractivity contribution >= 4 is 35.0 Å². The predicted octanol–water partition coefficient (Wildman–Crippen LogP) is 2.76. The second-order valence-corrected chi connectivity index (χ2v) is 6.94. The fourth-order valence-electron chi connectivity index (χ4n) is 2.02. The Balaban J connectivity index is 1.74. The van der Waals surface area contributed by atoms with Crippen molar-refractivity contribution in [2.24, 2.45) is 5.73 Å². The van der Waals surface area contributed by atoms with Gasteiger partial charge < -0.3 is 16.4 Å². The first-order chi connectivity index (χ1) is 11.1. The van der Waals surface area contributed by atoms with E-state index >= 15 is 0 Å². The maximum Gasteiger partial charge on any atom is 0.312 e. The Hall–Kier alpha value is -1.99. The summed E-state index contributed by atoms with van der Waals surface area (Å²) in [5.74, 6) is 0.689. The van der Waals surface area contributed by atoms with Gasteiger partial charge in [-0.25, -0.2) is 4.79 Å². The molecule has 122 valence electrons. The molecule has 1 aromatic carbocycles. The van der Waals surface area contributed by atoms with E-state index < -0.39 is 6.03 Å². The molecule has 0 saturated heterocycles. The van der Waals surface area contributed by atoms with Crippen LogP contribution in [0.3, 0.4) is 0 Å². The van der Waals surface area contributed by atoms with Crippen molar-refractivity contribution in [2.45, 2.75) is 17.4 Å². The lowest BCUT2D eigenvalue weighted by Crippen LogP contribution is -2.36. The Kier molecular flexibility index (Phi) is 6.96. The van der Waals surface area contributed by atoms with Gasteiger partial charge in [-0.15, -0.1) is 23.1 Å². The predicted molar refractivity (Wildman–Crippen MR) is 94.6 cm³/mol. The molecule has 0 radical (unpaired) electrons. The molecule has 4 N–H and O–H groups in total. The maximum atomic E-state index is 12.0. The molecule has 1 atom stereocenters. The SMILES string of the molecule is NC(=O)NC(CC(=O)NCCSc1ccccc1)c1cccs1. The zero-order valence-corrected chi connectivity index (χ0v) is 14.2. The molecule has 5 nitrogen and oxygen atoms in total. The van der Waals surface area contributed by atoms with Gasteiger partial charge in [0.25, 0.3) is 0 Å². The van der Waals surface area contributed by atoms with Crippen molar-refractivity contribution in [3.05, 3.63) is 52.7 Å². The summed E-state index contributed by atoms with van der Waals surface area (Å²) in [6.45, 7) is 0.576. The van der Waals surface area contributed by atoms with E-state index in [-0.39, 0.29) is 18.4 Å². The number of urea groups is 1.